The molecular formula is C29H38O2. The standard InChI is InChI=1S/C29H38O2/c1-9-31-27(30)22-12-10-21(11-13-22)15-20(4)24-17-26-25(16-23(24)14-19(2)3)28(5,6)18-29(26,7)8/h10-13,15-17,19H,9,14,18H2,1-8H3. The SMILES string of the molecule is CCOC(=O)c1ccc(C=C(C)c2cc3c(cc2CC(C)C)C(C)(C)CC3(C)C)cc1. The van der Waals surface area contributed by atoms with E-state index in [1.807, 2.05) is 31.2 Å². The van der Waals surface area contributed by atoms with Gasteiger partial charge in [-0.15, -0.1) is 0 Å². The van der Waals surface area contributed by atoms with E-state index in [4.69, 9.17) is 4.74 Å². The van der Waals surface area contributed by atoms with E-state index in [0.29, 0.717) is 18.1 Å². The second-order valence-electron chi connectivity index (χ2n) is 10.8. The smallest absolute Gasteiger partial charge is 0.338 e. The second kappa shape index (κ2) is 8.65. The van der Waals surface area contributed by atoms with Crippen LogP contribution in [0.5, 0.6) is 0 Å². The molecule has 0 aliphatic heterocycles. The van der Waals surface area contributed by atoms with Crippen LogP contribution in [0.2, 0.25) is 0 Å². The average Bonchev–Trinajstić information content (AvgIpc) is 2.85. The van der Waals surface area contributed by atoms with Crippen LogP contribution in [0.25, 0.3) is 11.6 Å². The Labute approximate surface area is 188 Å². The Morgan fingerprint density at radius 3 is 2.16 bits per heavy atom. The lowest BCUT2D eigenvalue weighted by atomic mass is 9.82. The lowest BCUT2D eigenvalue weighted by molar-refractivity contribution is 0.0526. The number of allylic oxidation sites excluding steroid dienone is 1. The fourth-order valence-electron chi connectivity index (χ4n) is 5.29. The first-order valence-corrected chi connectivity index (χ1v) is 11.6. The van der Waals surface area contributed by atoms with E-state index in [-0.39, 0.29) is 16.8 Å². The number of benzene rings is 2. The second-order valence-corrected chi connectivity index (χ2v) is 10.8. The zero-order chi connectivity index (χ0) is 23.0. The summed E-state index contributed by atoms with van der Waals surface area (Å²) in [6.07, 6.45) is 4.48. The van der Waals surface area contributed by atoms with Crippen molar-refractivity contribution in [1.82, 2.24) is 0 Å². The molecule has 0 bridgehead atoms. The van der Waals surface area contributed by atoms with Gasteiger partial charge in [-0.1, -0.05) is 71.9 Å². The van der Waals surface area contributed by atoms with Crippen molar-refractivity contribution in [3.05, 3.63) is 69.8 Å². The number of ether oxygens (including phenoxy) is 1. The summed E-state index contributed by atoms with van der Waals surface area (Å²) in [6, 6.07) is 12.6. The fraction of sp³-hybridized carbons (Fsp3) is 0.483. The number of hydrogen-bond acceptors (Lipinski definition) is 2. The van der Waals surface area contributed by atoms with Crippen LogP contribution in [0.1, 0.15) is 100.0 Å². The Morgan fingerprint density at radius 1 is 1.03 bits per heavy atom. The van der Waals surface area contributed by atoms with Gasteiger partial charge in [0.15, 0.2) is 0 Å². The molecule has 0 atom stereocenters. The molecule has 0 saturated heterocycles. The summed E-state index contributed by atoms with van der Waals surface area (Å²) < 4.78 is 5.10. The van der Waals surface area contributed by atoms with Crippen LogP contribution in [-0.4, -0.2) is 12.6 Å². The molecule has 1 aliphatic rings. The van der Waals surface area contributed by atoms with Gasteiger partial charge in [-0.05, 0) is 89.0 Å². The molecular weight excluding hydrogens is 380 g/mol. The largest absolute Gasteiger partial charge is 0.462 e. The molecule has 0 N–H and O–H groups in total. The van der Waals surface area contributed by atoms with Gasteiger partial charge in [0, 0.05) is 0 Å². The summed E-state index contributed by atoms with van der Waals surface area (Å²) in [4.78, 5) is 11.9. The molecule has 0 saturated carbocycles. The van der Waals surface area contributed by atoms with Gasteiger partial charge in [0.25, 0.3) is 0 Å². The van der Waals surface area contributed by atoms with Gasteiger partial charge in [0.05, 0.1) is 12.2 Å². The first-order valence-electron chi connectivity index (χ1n) is 11.6. The number of carbonyl (C=O) groups is 1. The third-order valence-electron chi connectivity index (χ3n) is 6.44. The molecule has 0 amide bonds. The van der Waals surface area contributed by atoms with E-state index in [1.165, 1.54) is 34.2 Å². The van der Waals surface area contributed by atoms with E-state index < -0.39 is 0 Å². The Kier molecular flexibility index (Phi) is 6.51. The summed E-state index contributed by atoms with van der Waals surface area (Å²) in [5.74, 6) is 0.337. The van der Waals surface area contributed by atoms with Crippen LogP contribution >= 0.6 is 0 Å². The van der Waals surface area contributed by atoms with Crippen molar-refractivity contribution in [3.63, 3.8) is 0 Å². The predicted octanol–water partition coefficient (Wildman–Crippen LogP) is 7.58. The molecule has 0 heterocycles. The van der Waals surface area contributed by atoms with Crippen molar-refractivity contribution >= 4 is 17.6 Å². The Hall–Kier alpha value is -2.35. The Balaban J connectivity index is 2.03. The van der Waals surface area contributed by atoms with Crippen LogP contribution < -0.4 is 0 Å². The van der Waals surface area contributed by atoms with Crippen LogP contribution in [-0.2, 0) is 22.0 Å². The number of carbonyl (C=O) groups excluding carboxylic acids is 1. The van der Waals surface area contributed by atoms with Gasteiger partial charge in [-0.3, -0.25) is 0 Å². The van der Waals surface area contributed by atoms with Crippen LogP contribution in [0, 0.1) is 5.92 Å². The minimum absolute atomic E-state index is 0.186. The normalized spacial score (nSPS) is 17.0. The number of esters is 1. The first-order chi connectivity index (χ1) is 14.4. The molecule has 0 radical (unpaired) electrons. The van der Waals surface area contributed by atoms with Gasteiger partial charge in [-0.2, -0.15) is 0 Å². The lowest BCUT2D eigenvalue weighted by Gasteiger charge is -2.22. The van der Waals surface area contributed by atoms with Crippen LogP contribution in [0.4, 0.5) is 0 Å². The van der Waals surface area contributed by atoms with Crippen molar-refractivity contribution < 1.29 is 9.53 Å². The first kappa shape index (κ1) is 23.3. The summed E-state index contributed by atoms with van der Waals surface area (Å²) in [5.41, 5.74) is 9.16. The van der Waals surface area contributed by atoms with Crippen LogP contribution in [0.3, 0.4) is 0 Å². The highest BCUT2D eigenvalue weighted by Gasteiger charge is 2.42. The minimum Gasteiger partial charge on any atom is -0.462 e. The predicted molar refractivity (Wildman–Crippen MR) is 132 cm³/mol. The molecule has 0 spiro atoms. The van der Waals surface area contributed by atoms with Gasteiger partial charge in [0.2, 0.25) is 0 Å². The van der Waals surface area contributed by atoms with Crippen molar-refractivity contribution in [2.45, 2.75) is 79.1 Å². The lowest BCUT2D eigenvalue weighted by Crippen LogP contribution is -2.18. The van der Waals surface area contributed by atoms with Gasteiger partial charge < -0.3 is 4.74 Å². The third kappa shape index (κ3) is 4.95. The molecule has 1 aliphatic carbocycles. The molecule has 2 heteroatoms. The van der Waals surface area contributed by atoms with E-state index in [0.717, 1.165) is 12.0 Å². The maximum atomic E-state index is 11.9. The van der Waals surface area contributed by atoms with Crippen molar-refractivity contribution in [2.75, 3.05) is 6.61 Å². The van der Waals surface area contributed by atoms with E-state index in [9.17, 15) is 4.79 Å². The molecule has 2 aromatic carbocycles. The average molecular weight is 419 g/mol. The zero-order valence-corrected chi connectivity index (χ0v) is 20.6. The molecule has 0 aromatic heterocycles. The maximum Gasteiger partial charge on any atom is 0.338 e. The number of rotatable bonds is 6. The number of fused-ring (bicyclic) bond motifs is 1. The van der Waals surface area contributed by atoms with Crippen molar-refractivity contribution in [3.8, 4) is 0 Å². The molecule has 166 valence electrons. The summed E-state index contributed by atoms with van der Waals surface area (Å²) in [6.45, 7) is 18.5. The Morgan fingerprint density at radius 2 is 1.61 bits per heavy atom. The summed E-state index contributed by atoms with van der Waals surface area (Å²) >= 11 is 0. The summed E-state index contributed by atoms with van der Waals surface area (Å²) in [7, 11) is 0. The van der Waals surface area contributed by atoms with E-state index in [2.05, 4.69) is 66.7 Å². The highest BCUT2D eigenvalue weighted by molar-refractivity contribution is 5.90. The maximum absolute atomic E-state index is 11.9. The molecule has 0 fully saturated rings. The topological polar surface area (TPSA) is 26.3 Å². The fourth-order valence-corrected chi connectivity index (χ4v) is 5.29. The van der Waals surface area contributed by atoms with E-state index >= 15 is 0 Å². The Bertz CT molecular complexity index is 988. The van der Waals surface area contributed by atoms with Crippen molar-refractivity contribution in [2.24, 2.45) is 5.92 Å². The monoisotopic (exact) mass is 418 g/mol. The van der Waals surface area contributed by atoms with Gasteiger partial charge >= 0.3 is 5.97 Å². The molecule has 31 heavy (non-hydrogen) atoms. The molecule has 0 unspecified atom stereocenters. The molecule has 2 nitrogen and oxygen atoms in total. The minimum atomic E-state index is -0.266. The quantitative estimate of drug-likeness (QED) is 0.357. The van der Waals surface area contributed by atoms with E-state index in [1.54, 1.807) is 0 Å². The zero-order valence-electron chi connectivity index (χ0n) is 20.6. The third-order valence-corrected chi connectivity index (χ3v) is 6.44. The van der Waals surface area contributed by atoms with Crippen LogP contribution in [0.15, 0.2) is 36.4 Å². The molecule has 2 aromatic rings. The number of hydrogen-bond donors (Lipinski definition) is 0. The van der Waals surface area contributed by atoms with Gasteiger partial charge in [-0.25, -0.2) is 4.79 Å². The van der Waals surface area contributed by atoms with Gasteiger partial charge in [0.1, 0.15) is 0 Å². The summed E-state index contributed by atoms with van der Waals surface area (Å²) in [5, 5.41) is 0. The van der Waals surface area contributed by atoms with Crippen molar-refractivity contribution in [1.29, 1.82) is 0 Å². The highest BCUT2D eigenvalue weighted by atomic mass is 16.5. The highest BCUT2D eigenvalue weighted by Crippen LogP contribution is 2.50. The molecule has 3 rings (SSSR count).